The van der Waals surface area contributed by atoms with Crippen molar-refractivity contribution >= 4 is 5.97 Å². The summed E-state index contributed by atoms with van der Waals surface area (Å²) in [6.07, 6.45) is 5.34. The molecule has 110 valence electrons. The van der Waals surface area contributed by atoms with Crippen molar-refractivity contribution in [3.05, 3.63) is 17.5 Å². The van der Waals surface area contributed by atoms with E-state index >= 15 is 0 Å². The lowest BCUT2D eigenvalue weighted by molar-refractivity contribution is 0.0687. The first-order valence-electron chi connectivity index (χ1n) is 7.28. The van der Waals surface area contributed by atoms with Gasteiger partial charge in [-0.25, -0.2) is 4.79 Å². The van der Waals surface area contributed by atoms with E-state index in [9.17, 15) is 4.79 Å². The third-order valence-corrected chi connectivity index (χ3v) is 4.83. The second-order valence-electron chi connectivity index (χ2n) is 7.69. The molecule has 1 aliphatic heterocycles. The maximum atomic E-state index is 11.2. The van der Waals surface area contributed by atoms with Crippen molar-refractivity contribution in [2.75, 3.05) is 6.54 Å². The van der Waals surface area contributed by atoms with Gasteiger partial charge < -0.3 is 5.11 Å². The third-order valence-electron chi connectivity index (χ3n) is 4.83. The molecule has 2 bridgehead atoms. The Kier molecular flexibility index (Phi) is 2.94. The third kappa shape index (κ3) is 2.35. The fraction of sp³-hybridized carbons (Fsp3) is 0.733. The normalized spacial score (nSPS) is 32.5. The van der Waals surface area contributed by atoms with Gasteiger partial charge in [-0.2, -0.15) is 5.10 Å². The number of H-pyrrole nitrogens is 1. The molecule has 2 aliphatic rings. The summed E-state index contributed by atoms with van der Waals surface area (Å²) in [7, 11) is 0. The second-order valence-corrected chi connectivity index (χ2v) is 7.69. The highest BCUT2D eigenvalue weighted by Crippen LogP contribution is 2.52. The molecular formula is C15H23N3O2. The van der Waals surface area contributed by atoms with Crippen LogP contribution in [0.25, 0.3) is 0 Å². The van der Waals surface area contributed by atoms with E-state index in [1.807, 2.05) is 0 Å². The lowest BCUT2D eigenvalue weighted by atomic mass is 9.65. The van der Waals surface area contributed by atoms with Gasteiger partial charge in [0.15, 0.2) is 0 Å². The highest BCUT2D eigenvalue weighted by molar-refractivity contribution is 5.86. The molecule has 1 aromatic rings. The van der Waals surface area contributed by atoms with Gasteiger partial charge in [-0.15, -0.1) is 0 Å². The van der Waals surface area contributed by atoms with Crippen molar-refractivity contribution in [1.82, 2.24) is 15.1 Å². The molecule has 1 aliphatic carbocycles. The second kappa shape index (κ2) is 4.32. The maximum absolute atomic E-state index is 11.2. The zero-order valence-corrected chi connectivity index (χ0v) is 12.4. The van der Waals surface area contributed by atoms with Gasteiger partial charge in [0.2, 0.25) is 0 Å². The Morgan fingerprint density at radius 3 is 2.95 bits per heavy atom. The van der Waals surface area contributed by atoms with Crippen molar-refractivity contribution in [3.8, 4) is 0 Å². The van der Waals surface area contributed by atoms with Crippen LogP contribution in [0.5, 0.6) is 0 Å². The summed E-state index contributed by atoms with van der Waals surface area (Å²) in [5.74, 6) is -0.925. The predicted molar refractivity (Wildman–Crippen MR) is 75.5 cm³/mol. The lowest BCUT2D eigenvalue weighted by Crippen LogP contribution is -2.34. The Morgan fingerprint density at radius 1 is 1.50 bits per heavy atom. The number of nitrogens with one attached hydrogen (secondary N) is 1. The van der Waals surface area contributed by atoms with Gasteiger partial charge >= 0.3 is 5.97 Å². The minimum Gasteiger partial charge on any atom is -0.477 e. The molecule has 5 nitrogen and oxygen atoms in total. The van der Waals surface area contributed by atoms with Crippen LogP contribution in [0.15, 0.2) is 6.20 Å². The molecular weight excluding hydrogens is 254 g/mol. The molecule has 0 amide bonds. The van der Waals surface area contributed by atoms with E-state index in [-0.39, 0.29) is 5.69 Å². The Hall–Kier alpha value is -1.36. The largest absolute Gasteiger partial charge is 0.477 e. The molecule has 2 fully saturated rings. The molecule has 1 saturated heterocycles. The van der Waals surface area contributed by atoms with Crippen LogP contribution in [-0.4, -0.2) is 38.8 Å². The Bertz CT molecular complexity index is 537. The Balaban J connectivity index is 1.79. The van der Waals surface area contributed by atoms with Crippen LogP contribution in [0.4, 0.5) is 0 Å². The van der Waals surface area contributed by atoms with E-state index < -0.39 is 5.97 Å². The summed E-state index contributed by atoms with van der Waals surface area (Å²) in [5, 5.41) is 15.6. The first-order chi connectivity index (χ1) is 9.28. The quantitative estimate of drug-likeness (QED) is 0.890. The minimum absolute atomic E-state index is 0.232. The molecule has 1 saturated carbocycles. The fourth-order valence-corrected chi connectivity index (χ4v) is 4.60. The van der Waals surface area contributed by atoms with E-state index in [0.29, 0.717) is 23.4 Å². The molecule has 5 heteroatoms. The molecule has 0 unspecified atom stereocenters. The first kappa shape index (κ1) is 13.6. The number of aromatic carboxylic acids is 1. The van der Waals surface area contributed by atoms with E-state index in [0.717, 1.165) is 12.1 Å². The SMILES string of the molecule is CC1(C)C[C@@H]2C[C@@](C)(CN2Cc2cn[nH]c2C(=O)O)C1. The maximum Gasteiger partial charge on any atom is 0.354 e. The number of carbonyl (C=O) groups is 1. The number of fused-ring (bicyclic) bond motifs is 2. The lowest BCUT2D eigenvalue weighted by Gasteiger charge is -2.39. The van der Waals surface area contributed by atoms with Crippen molar-refractivity contribution < 1.29 is 9.90 Å². The summed E-state index contributed by atoms with van der Waals surface area (Å²) >= 11 is 0. The molecule has 2 N–H and O–H groups in total. The molecule has 2 atom stereocenters. The van der Waals surface area contributed by atoms with Crippen LogP contribution in [0.1, 0.15) is 56.1 Å². The zero-order chi connectivity index (χ0) is 14.5. The van der Waals surface area contributed by atoms with E-state index in [4.69, 9.17) is 5.11 Å². The van der Waals surface area contributed by atoms with E-state index in [1.54, 1.807) is 6.20 Å². The fourth-order valence-electron chi connectivity index (χ4n) is 4.60. The first-order valence-corrected chi connectivity index (χ1v) is 7.28. The van der Waals surface area contributed by atoms with Crippen LogP contribution in [0.2, 0.25) is 0 Å². The monoisotopic (exact) mass is 277 g/mol. The summed E-state index contributed by atoms with van der Waals surface area (Å²) in [6, 6.07) is 0.570. The molecule has 0 aromatic carbocycles. The number of carboxylic acids is 1. The Labute approximate surface area is 119 Å². The molecule has 3 rings (SSSR count). The average Bonchev–Trinajstić information content (AvgIpc) is 2.81. The summed E-state index contributed by atoms with van der Waals surface area (Å²) < 4.78 is 0. The van der Waals surface area contributed by atoms with Crippen LogP contribution >= 0.6 is 0 Å². The average molecular weight is 277 g/mol. The molecule has 2 heterocycles. The molecule has 0 radical (unpaired) electrons. The molecule has 0 spiro atoms. The minimum atomic E-state index is -0.925. The van der Waals surface area contributed by atoms with Crippen molar-refractivity contribution in [2.45, 2.75) is 52.6 Å². The topological polar surface area (TPSA) is 69.2 Å². The molecule has 20 heavy (non-hydrogen) atoms. The standard InChI is InChI=1S/C15H23N3O2/c1-14(2)4-11-5-15(3,8-14)9-18(11)7-10-6-16-17-12(10)13(19)20/h6,11H,4-5,7-9H2,1-3H3,(H,16,17)(H,19,20)/t11-,15-/m1/s1. The van der Waals surface area contributed by atoms with E-state index in [1.165, 1.54) is 19.3 Å². The van der Waals surface area contributed by atoms with Gasteiger partial charge in [-0.05, 0) is 30.1 Å². The zero-order valence-electron chi connectivity index (χ0n) is 12.4. The number of aromatic nitrogens is 2. The number of likely N-dealkylation sites (tertiary alicyclic amines) is 1. The van der Waals surface area contributed by atoms with Gasteiger partial charge in [0.25, 0.3) is 0 Å². The summed E-state index contributed by atoms with van der Waals surface area (Å²) in [6.45, 7) is 8.82. The van der Waals surface area contributed by atoms with Crippen LogP contribution in [0, 0.1) is 10.8 Å². The van der Waals surface area contributed by atoms with Gasteiger partial charge in [-0.1, -0.05) is 20.8 Å². The van der Waals surface area contributed by atoms with Gasteiger partial charge in [-0.3, -0.25) is 10.00 Å². The number of hydrogen-bond donors (Lipinski definition) is 2. The highest BCUT2D eigenvalue weighted by atomic mass is 16.4. The van der Waals surface area contributed by atoms with Crippen LogP contribution in [-0.2, 0) is 6.54 Å². The summed E-state index contributed by atoms with van der Waals surface area (Å²) in [4.78, 5) is 13.6. The van der Waals surface area contributed by atoms with Crippen LogP contribution in [0.3, 0.4) is 0 Å². The number of aromatic amines is 1. The molecule has 1 aromatic heterocycles. The smallest absolute Gasteiger partial charge is 0.354 e. The van der Waals surface area contributed by atoms with Gasteiger partial charge in [0, 0.05) is 24.7 Å². The number of rotatable bonds is 3. The number of hydrogen-bond acceptors (Lipinski definition) is 3. The Morgan fingerprint density at radius 2 is 2.25 bits per heavy atom. The predicted octanol–water partition coefficient (Wildman–Crippen LogP) is 2.51. The van der Waals surface area contributed by atoms with Gasteiger partial charge in [0.05, 0.1) is 6.20 Å². The van der Waals surface area contributed by atoms with Crippen molar-refractivity contribution in [3.63, 3.8) is 0 Å². The van der Waals surface area contributed by atoms with Crippen LogP contribution < -0.4 is 0 Å². The number of carboxylic acid groups (broad SMARTS) is 1. The van der Waals surface area contributed by atoms with Crippen molar-refractivity contribution in [1.29, 1.82) is 0 Å². The highest BCUT2D eigenvalue weighted by Gasteiger charge is 2.49. The van der Waals surface area contributed by atoms with E-state index in [2.05, 4.69) is 35.9 Å². The van der Waals surface area contributed by atoms with Crippen molar-refractivity contribution in [2.24, 2.45) is 10.8 Å². The summed E-state index contributed by atoms with van der Waals surface area (Å²) in [5.41, 5.74) is 1.79. The number of nitrogens with zero attached hydrogens (tertiary/aromatic N) is 2. The van der Waals surface area contributed by atoms with Gasteiger partial charge in [0.1, 0.15) is 5.69 Å².